The van der Waals surface area contributed by atoms with Crippen molar-refractivity contribution in [2.75, 3.05) is 6.54 Å². The van der Waals surface area contributed by atoms with Gasteiger partial charge in [0.15, 0.2) is 0 Å². The van der Waals surface area contributed by atoms with Gasteiger partial charge in [-0.15, -0.1) is 0 Å². The lowest BCUT2D eigenvalue weighted by atomic mass is 9.96. The minimum atomic E-state index is 0.399. The lowest BCUT2D eigenvalue weighted by molar-refractivity contribution is 0.563. The van der Waals surface area contributed by atoms with Crippen molar-refractivity contribution < 1.29 is 0 Å². The Hall–Kier alpha value is -1.08. The van der Waals surface area contributed by atoms with Crippen LogP contribution in [0.5, 0.6) is 0 Å². The number of hydrogen-bond donors (Lipinski definition) is 1. The first-order chi connectivity index (χ1) is 8.04. The maximum atomic E-state index is 4.09. The highest BCUT2D eigenvalue weighted by atomic mass is 14.9. The van der Waals surface area contributed by atoms with Gasteiger partial charge >= 0.3 is 0 Å². The molecule has 17 heavy (non-hydrogen) atoms. The van der Waals surface area contributed by atoms with Gasteiger partial charge in [0.05, 0.1) is 0 Å². The molecule has 0 aliphatic rings. The van der Waals surface area contributed by atoms with Crippen molar-refractivity contribution in [2.45, 2.75) is 46.6 Å². The van der Waals surface area contributed by atoms with E-state index in [2.05, 4.69) is 57.8 Å². The molecule has 0 saturated heterocycles. The average molecular weight is 231 g/mol. The fourth-order valence-electron chi connectivity index (χ4n) is 1.98. The third-order valence-corrected chi connectivity index (χ3v) is 3.16. The SMILES string of the molecule is C=C(C)C(Cc1cc(C)ccc1C)NCCC. The molecule has 1 heteroatoms. The largest absolute Gasteiger partial charge is 0.310 e. The highest BCUT2D eigenvalue weighted by molar-refractivity contribution is 5.32. The summed E-state index contributed by atoms with van der Waals surface area (Å²) in [6.45, 7) is 13.8. The molecule has 1 atom stereocenters. The van der Waals surface area contributed by atoms with Crippen LogP contribution in [0, 0.1) is 13.8 Å². The van der Waals surface area contributed by atoms with E-state index in [4.69, 9.17) is 0 Å². The summed E-state index contributed by atoms with van der Waals surface area (Å²) in [4.78, 5) is 0. The second-order valence-corrected chi connectivity index (χ2v) is 4.99. The Kier molecular flexibility index (Phi) is 5.43. The Labute approximate surface area is 106 Å². The van der Waals surface area contributed by atoms with Gasteiger partial charge in [-0.05, 0) is 51.3 Å². The molecule has 0 bridgehead atoms. The van der Waals surface area contributed by atoms with Gasteiger partial charge in [-0.1, -0.05) is 42.8 Å². The zero-order valence-corrected chi connectivity index (χ0v) is 11.6. The van der Waals surface area contributed by atoms with Crippen molar-refractivity contribution in [1.82, 2.24) is 5.32 Å². The van der Waals surface area contributed by atoms with Crippen molar-refractivity contribution >= 4 is 0 Å². The summed E-state index contributed by atoms with van der Waals surface area (Å²) in [7, 11) is 0. The zero-order valence-electron chi connectivity index (χ0n) is 11.6. The molecule has 0 amide bonds. The van der Waals surface area contributed by atoms with Crippen LogP contribution in [-0.4, -0.2) is 12.6 Å². The zero-order chi connectivity index (χ0) is 12.8. The highest BCUT2D eigenvalue weighted by Crippen LogP contribution is 2.15. The molecule has 1 aromatic carbocycles. The van der Waals surface area contributed by atoms with Gasteiger partial charge in [0, 0.05) is 6.04 Å². The summed E-state index contributed by atoms with van der Waals surface area (Å²) in [6.07, 6.45) is 2.21. The topological polar surface area (TPSA) is 12.0 Å². The van der Waals surface area contributed by atoms with E-state index in [-0.39, 0.29) is 0 Å². The number of hydrogen-bond acceptors (Lipinski definition) is 1. The molecule has 1 rings (SSSR count). The fourth-order valence-corrected chi connectivity index (χ4v) is 1.98. The Morgan fingerprint density at radius 1 is 1.35 bits per heavy atom. The number of rotatable bonds is 6. The molecule has 1 aromatic rings. The molecular weight excluding hydrogens is 206 g/mol. The highest BCUT2D eigenvalue weighted by Gasteiger charge is 2.10. The van der Waals surface area contributed by atoms with Crippen molar-refractivity contribution in [2.24, 2.45) is 0 Å². The van der Waals surface area contributed by atoms with Gasteiger partial charge in [-0.25, -0.2) is 0 Å². The van der Waals surface area contributed by atoms with E-state index in [1.807, 2.05) is 0 Å². The molecule has 0 saturated carbocycles. The third kappa shape index (κ3) is 4.35. The van der Waals surface area contributed by atoms with Gasteiger partial charge in [0.25, 0.3) is 0 Å². The summed E-state index contributed by atoms with van der Waals surface area (Å²) in [5, 5.41) is 3.56. The molecule has 0 aromatic heterocycles. The molecular formula is C16H25N. The molecule has 94 valence electrons. The van der Waals surface area contributed by atoms with Gasteiger partial charge in [0.1, 0.15) is 0 Å². The normalized spacial score (nSPS) is 12.5. The van der Waals surface area contributed by atoms with Crippen LogP contribution in [0.15, 0.2) is 30.4 Å². The molecule has 0 aliphatic carbocycles. The van der Waals surface area contributed by atoms with Gasteiger partial charge in [-0.2, -0.15) is 0 Å². The summed E-state index contributed by atoms with van der Waals surface area (Å²) in [5.41, 5.74) is 5.36. The lowest BCUT2D eigenvalue weighted by Crippen LogP contribution is -2.32. The number of aryl methyl sites for hydroxylation is 2. The van der Waals surface area contributed by atoms with Crippen molar-refractivity contribution in [1.29, 1.82) is 0 Å². The summed E-state index contributed by atoms with van der Waals surface area (Å²) >= 11 is 0. The first kappa shape index (κ1) is 14.0. The van der Waals surface area contributed by atoms with E-state index in [9.17, 15) is 0 Å². The first-order valence-corrected chi connectivity index (χ1v) is 6.49. The van der Waals surface area contributed by atoms with E-state index < -0.39 is 0 Å². The third-order valence-electron chi connectivity index (χ3n) is 3.16. The molecule has 0 fully saturated rings. The van der Waals surface area contributed by atoms with Crippen LogP contribution in [0.1, 0.15) is 37.0 Å². The van der Waals surface area contributed by atoms with E-state index >= 15 is 0 Å². The molecule has 1 N–H and O–H groups in total. The van der Waals surface area contributed by atoms with Crippen LogP contribution in [0.2, 0.25) is 0 Å². The van der Waals surface area contributed by atoms with Gasteiger partial charge < -0.3 is 5.32 Å². The Morgan fingerprint density at radius 2 is 2.06 bits per heavy atom. The Morgan fingerprint density at radius 3 is 2.65 bits per heavy atom. The minimum Gasteiger partial charge on any atom is -0.310 e. The lowest BCUT2D eigenvalue weighted by Gasteiger charge is -2.20. The fraction of sp³-hybridized carbons (Fsp3) is 0.500. The molecule has 0 heterocycles. The minimum absolute atomic E-state index is 0.399. The van der Waals surface area contributed by atoms with Gasteiger partial charge in [-0.3, -0.25) is 0 Å². The summed E-state index contributed by atoms with van der Waals surface area (Å²) in [6, 6.07) is 7.07. The molecule has 1 nitrogen and oxygen atoms in total. The van der Waals surface area contributed by atoms with E-state index in [1.54, 1.807) is 0 Å². The van der Waals surface area contributed by atoms with Crippen LogP contribution in [0.25, 0.3) is 0 Å². The number of benzene rings is 1. The van der Waals surface area contributed by atoms with Crippen molar-refractivity contribution in [3.63, 3.8) is 0 Å². The monoisotopic (exact) mass is 231 g/mol. The van der Waals surface area contributed by atoms with E-state index in [0.29, 0.717) is 6.04 Å². The smallest absolute Gasteiger partial charge is 0.0314 e. The van der Waals surface area contributed by atoms with Crippen LogP contribution in [0.3, 0.4) is 0 Å². The summed E-state index contributed by atoms with van der Waals surface area (Å²) in [5.74, 6) is 0. The van der Waals surface area contributed by atoms with Crippen LogP contribution in [0.4, 0.5) is 0 Å². The Balaban J connectivity index is 2.78. The summed E-state index contributed by atoms with van der Waals surface area (Å²) < 4.78 is 0. The van der Waals surface area contributed by atoms with Crippen LogP contribution < -0.4 is 5.32 Å². The maximum Gasteiger partial charge on any atom is 0.0314 e. The van der Waals surface area contributed by atoms with E-state index in [0.717, 1.165) is 19.4 Å². The quantitative estimate of drug-likeness (QED) is 0.734. The average Bonchev–Trinajstić information content (AvgIpc) is 2.28. The van der Waals surface area contributed by atoms with Crippen molar-refractivity contribution in [3.8, 4) is 0 Å². The predicted molar refractivity (Wildman–Crippen MR) is 76.5 cm³/mol. The maximum absolute atomic E-state index is 4.09. The molecule has 0 aliphatic heterocycles. The molecule has 0 radical (unpaired) electrons. The molecule has 1 unspecified atom stereocenters. The van der Waals surface area contributed by atoms with Gasteiger partial charge in [0.2, 0.25) is 0 Å². The van der Waals surface area contributed by atoms with Crippen LogP contribution >= 0.6 is 0 Å². The second-order valence-electron chi connectivity index (χ2n) is 4.99. The van der Waals surface area contributed by atoms with Crippen molar-refractivity contribution in [3.05, 3.63) is 47.0 Å². The molecule has 0 spiro atoms. The number of nitrogens with one attached hydrogen (secondary N) is 1. The van der Waals surface area contributed by atoms with E-state index in [1.165, 1.54) is 22.3 Å². The van der Waals surface area contributed by atoms with Crippen LogP contribution in [-0.2, 0) is 6.42 Å². The Bertz CT molecular complexity index is 379. The second kappa shape index (κ2) is 6.61. The standard InChI is InChI=1S/C16H25N/c1-6-9-17-16(12(2)3)11-15-10-13(4)7-8-14(15)5/h7-8,10,16-17H,2,6,9,11H2,1,3-5H3. The first-order valence-electron chi connectivity index (χ1n) is 6.49. The predicted octanol–water partition coefficient (Wildman–Crippen LogP) is 3.79.